The number of benzene rings is 1. The van der Waals surface area contributed by atoms with Crippen molar-refractivity contribution in [2.45, 2.75) is 6.18 Å². The lowest BCUT2D eigenvalue weighted by Gasteiger charge is -2.08. The highest BCUT2D eigenvalue weighted by atomic mass is 35.5. The number of anilines is 1. The Morgan fingerprint density at radius 1 is 1.22 bits per heavy atom. The largest absolute Gasteiger partial charge is 0.433 e. The van der Waals surface area contributed by atoms with Gasteiger partial charge in [-0.3, -0.25) is 4.79 Å². The summed E-state index contributed by atoms with van der Waals surface area (Å²) in [5.41, 5.74) is 6.84. The average molecular weight is 343 g/mol. The van der Waals surface area contributed by atoms with Gasteiger partial charge in [0, 0.05) is 5.02 Å². The van der Waals surface area contributed by atoms with E-state index in [0.29, 0.717) is 16.7 Å². The Balaban J connectivity index is 2.07. The van der Waals surface area contributed by atoms with Crippen molar-refractivity contribution in [1.82, 2.24) is 10.4 Å². The smallest absolute Gasteiger partial charge is 0.383 e. The summed E-state index contributed by atoms with van der Waals surface area (Å²) >= 11 is 5.72. The van der Waals surface area contributed by atoms with Crippen LogP contribution in [0.25, 0.3) is 0 Å². The Morgan fingerprint density at radius 3 is 2.43 bits per heavy atom. The molecule has 1 aromatic carbocycles. The van der Waals surface area contributed by atoms with Gasteiger partial charge in [0.2, 0.25) is 0 Å². The van der Waals surface area contributed by atoms with Crippen LogP contribution in [0.3, 0.4) is 0 Å². The quantitative estimate of drug-likeness (QED) is 0.664. The van der Waals surface area contributed by atoms with E-state index in [1.807, 2.05) is 0 Å². The number of nitrogens with one attached hydrogen (secondary N) is 1. The van der Waals surface area contributed by atoms with Gasteiger partial charge in [0.1, 0.15) is 11.5 Å². The number of carbonyl (C=O) groups is 1. The number of halogens is 4. The van der Waals surface area contributed by atoms with E-state index in [-0.39, 0.29) is 5.56 Å². The zero-order valence-electron chi connectivity index (χ0n) is 11.4. The van der Waals surface area contributed by atoms with Gasteiger partial charge in [-0.25, -0.2) is 10.4 Å². The summed E-state index contributed by atoms with van der Waals surface area (Å²) in [6.07, 6.45) is -3.28. The number of nitrogen functional groups attached to an aromatic ring is 1. The molecule has 1 amide bonds. The number of nitrogens with zero attached hydrogens (tertiary/aromatic N) is 2. The number of hydrazone groups is 1. The van der Waals surface area contributed by atoms with Gasteiger partial charge in [0.05, 0.1) is 11.8 Å². The highest BCUT2D eigenvalue weighted by Crippen LogP contribution is 2.28. The summed E-state index contributed by atoms with van der Waals surface area (Å²) in [5.74, 6) is -1.30. The fraction of sp³-hybridized carbons (Fsp3) is 0.0714. The topological polar surface area (TPSA) is 80.4 Å². The summed E-state index contributed by atoms with van der Waals surface area (Å²) in [7, 11) is 0. The van der Waals surface area contributed by atoms with Gasteiger partial charge < -0.3 is 5.73 Å². The molecule has 0 saturated heterocycles. The standard InChI is InChI=1S/C14H10ClF3N4O/c15-9-3-1-8(2-4-9)7-20-22-13(23)10-5-6-11(14(16,17)18)21-12(10)19/h1-7H,(H2,19,21)(H,22,23)/b20-7+. The SMILES string of the molecule is Nc1nc(C(F)(F)F)ccc1C(=O)N/N=C/c1ccc(Cl)cc1. The van der Waals surface area contributed by atoms with Crippen molar-refractivity contribution in [3.05, 3.63) is 58.2 Å². The predicted octanol–water partition coefficient (Wildman–Crippen LogP) is 3.10. The van der Waals surface area contributed by atoms with Gasteiger partial charge in [0.15, 0.2) is 0 Å². The molecule has 0 aliphatic heterocycles. The molecule has 0 unspecified atom stereocenters. The van der Waals surface area contributed by atoms with Crippen LogP contribution in [-0.2, 0) is 6.18 Å². The molecule has 1 aromatic heterocycles. The first kappa shape index (κ1) is 16.8. The highest BCUT2D eigenvalue weighted by Gasteiger charge is 2.33. The number of alkyl halides is 3. The fourth-order valence-corrected chi connectivity index (χ4v) is 1.73. The summed E-state index contributed by atoms with van der Waals surface area (Å²) in [6.45, 7) is 0. The zero-order chi connectivity index (χ0) is 17.0. The van der Waals surface area contributed by atoms with E-state index in [9.17, 15) is 18.0 Å². The maximum absolute atomic E-state index is 12.5. The van der Waals surface area contributed by atoms with Crippen LogP contribution in [0.15, 0.2) is 41.5 Å². The second kappa shape index (κ2) is 6.66. The first-order chi connectivity index (χ1) is 10.8. The van der Waals surface area contributed by atoms with E-state index in [1.165, 1.54) is 6.21 Å². The van der Waals surface area contributed by atoms with Crippen LogP contribution >= 0.6 is 11.6 Å². The molecule has 120 valence electrons. The molecule has 23 heavy (non-hydrogen) atoms. The minimum Gasteiger partial charge on any atom is -0.383 e. The lowest BCUT2D eigenvalue weighted by atomic mass is 10.2. The van der Waals surface area contributed by atoms with Crippen molar-refractivity contribution in [2.75, 3.05) is 5.73 Å². The number of nitrogens with two attached hydrogens (primary N) is 1. The molecular formula is C14H10ClF3N4O. The Morgan fingerprint density at radius 2 is 1.87 bits per heavy atom. The second-order valence-corrected chi connectivity index (χ2v) is 4.81. The molecule has 0 fully saturated rings. The van der Waals surface area contributed by atoms with Crippen LogP contribution in [0.2, 0.25) is 5.02 Å². The van der Waals surface area contributed by atoms with Crippen LogP contribution in [0, 0.1) is 0 Å². The number of amides is 1. The number of rotatable bonds is 3. The summed E-state index contributed by atoms with van der Waals surface area (Å²) in [4.78, 5) is 15.0. The van der Waals surface area contributed by atoms with Gasteiger partial charge in [-0.1, -0.05) is 23.7 Å². The number of hydrogen-bond donors (Lipinski definition) is 2. The highest BCUT2D eigenvalue weighted by molar-refractivity contribution is 6.30. The van der Waals surface area contributed by atoms with Gasteiger partial charge in [-0.2, -0.15) is 18.3 Å². The van der Waals surface area contributed by atoms with Crippen molar-refractivity contribution in [1.29, 1.82) is 0 Å². The average Bonchev–Trinajstić information content (AvgIpc) is 2.48. The number of aromatic nitrogens is 1. The summed E-state index contributed by atoms with van der Waals surface area (Å²) in [5, 5.41) is 4.24. The van der Waals surface area contributed by atoms with Crippen LogP contribution < -0.4 is 11.2 Å². The fourth-order valence-electron chi connectivity index (χ4n) is 1.60. The molecule has 9 heteroatoms. The number of carbonyl (C=O) groups excluding carboxylic acids is 1. The van der Waals surface area contributed by atoms with E-state index in [1.54, 1.807) is 24.3 Å². The van der Waals surface area contributed by atoms with E-state index < -0.39 is 23.6 Å². The van der Waals surface area contributed by atoms with E-state index in [4.69, 9.17) is 17.3 Å². The lowest BCUT2D eigenvalue weighted by Crippen LogP contribution is -2.21. The molecule has 0 aliphatic carbocycles. The minimum atomic E-state index is -4.63. The Hall–Kier alpha value is -2.61. The normalized spacial score (nSPS) is 11.7. The molecule has 1 heterocycles. The van der Waals surface area contributed by atoms with E-state index >= 15 is 0 Å². The number of pyridine rings is 1. The minimum absolute atomic E-state index is 0.203. The van der Waals surface area contributed by atoms with Crippen molar-refractivity contribution in [3.8, 4) is 0 Å². The molecular weight excluding hydrogens is 333 g/mol. The van der Waals surface area contributed by atoms with Crippen molar-refractivity contribution in [2.24, 2.45) is 5.10 Å². The summed E-state index contributed by atoms with van der Waals surface area (Å²) < 4.78 is 37.4. The van der Waals surface area contributed by atoms with Gasteiger partial charge >= 0.3 is 6.18 Å². The van der Waals surface area contributed by atoms with Crippen LogP contribution in [0.4, 0.5) is 19.0 Å². The maximum Gasteiger partial charge on any atom is 0.433 e. The van der Waals surface area contributed by atoms with Crippen molar-refractivity contribution in [3.63, 3.8) is 0 Å². The third kappa shape index (κ3) is 4.43. The van der Waals surface area contributed by atoms with Crippen molar-refractivity contribution >= 4 is 29.5 Å². The molecule has 0 atom stereocenters. The van der Waals surface area contributed by atoms with Crippen molar-refractivity contribution < 1.29 is 18.0 Å². The molecule has 2 aromatic rings. The Kier molecular flexibility index (Phi) is 4.85. The molecule has 0 radical (unpaired) electrons. The van der Waals surface area contributed by atoms with E-state index in [2.05, 4.69) is 15.5 Å². The number of hydrogen-bond acceptors (Lipinski definition) is 4. The second-order valence-electron chi connectivity index (χ2n) is 4.38. The monoisotopic (exact) mass is 342 g/mol. The summed E-state index contributed by atoms with van der Waals surface area (Å²) in [6, 6.07) is 8.25. The molecule has 0 spiro atoms. The van der Waals surface area contributed by atoms with E-state index in [0.717, 1.165) is 6.07 Å². The molecule has 0 saturated carbocycles. The van der Waals surface area contributed by atoms with Gasteiger partial charge in [-0.15, -0.1) is 0 Å². The maximum atomic E-state index is 12.5. The van der Waals surface area contributed by atoms with Gasteiger partial charge in [-0.05, 0) is 29.8 Å². The first-order valence-corrected chi connectivity index (χ1v) is 6.58. The zero-order valence-corrected chi connectivity index (χ0v) is 12.2. The molecule has 3 N–H and O–H groups in total. The third-order valence-corrected chi connectivity index (χ3v) is 2.96. The van der Waals surface area contributed by atoms with Crippen LogP contribution in [0.1, 0.15) is 21.6 Å². The molecule has 5 nitrogen and oxygen atoms in total. The molecule has 0 bridgehead atoms. The molecule has 0 aliphatic rings. The predicted molar refractivity (Wildman–Crippen MR) is 80.2 cm³/mol. The van der Waals surface area contributed by atoms with Crippen LogP contribution in [0.5, 0.6) is 0 Å². The Bertz CT molecular complexity index is 745. The molecule has 2 rings (SSSR count). The Labute approximate surface area is 134 Å². The third-order valence-electron chi connectivity index (χ3n) is 2.71. The first-order valence-electron chi connectivity index (χ1n) is 6.20. The van der Waals surface area contributed by atoms with Crippen LogP contribution in [-0.4, -0.2) is 17.1 Å². The van der Waals surface area contributed by atoms with Gasteiger partial charge in [0.25, 0.3) is 5.91 Å². The lowest BCUT2D eigenvalue weighted by molar-refractivity contribution is -0.141.